The zero-order valence-corrected chi connectivity index (χ0v) is 13.6. The molecule has 3 heteroatoms. The van der Waals surface area contributed by atoms with E-state index in [1.54, 1.807) is 0 Å². The van der Waals surface area contributed by atoms with Gasteiger partial charge in [0.15, 0.2) is 0 Å². The second kappa shape index (κ2) is 6.83. The lowest BCUT2D eigenvalue weighted by Crippen LogP contribution is -2.15. The van der Waals surface area contributed by atoms with Gasteiger partial charge in [0, 0.05) is 12.1 Å². The Morgan fingerprint density at radius 2 is 1.62 bits per heavy atom. The van der Waals surface area contributed by atoms with Crippen LogP contribution in [0.1, 0.15) is 41.8 Å². The summed E-state index contributed by atoms with van der Waals surface area (Å²) in [5, 5.41) is 3.62. The van der Waals surface area contributed by atoms with E-state index in [-0.39, 0.29) is 6.04 Å². The Hall–Kier alpha value is -2.68. The topological polar surface area (TPSA) is 37.8 Å². The molecule has 3 nitrogen and oxygen atoms in total. The van der Waals surface area contributed by atoms with Crippen molar-refractivity contribution >= 4 is 5.82 Å². The summed E-state index contributed by atoms with van der Waals surface area (Å²) in [4.78, 5) is 9.13. The molecule has 1 fully saturated rings. The third-order valence-electron chi connectivity index (χ3n) is 4.42. The first-order valence-corrected chi connectivity index (χ1v) is 8.57. The molecule has 1 aromatic heterocycles. The van der Waals surface area contributed by atoms with Crippen LogP contribution in [0.15, 0.2) is 72.9 Å². The minimum Gasteiger partial charge on any atom is -0.363 e. The summed E-state index contributed by atoms with van der Waals surface area (Å²) < 4.78 is 0. The van der Waals surface area contributed by atoms with Crippen molar-refractivity contribution in [1.29, 1.82) is 0 Å². The van der Waals surface area contributed by atoms with E-state index in [0.717, 1.165) is 18.1 Å². The Balaban J connectivity index is 1.59. The molecule has 3 aromatic rings. The maximum Gasteiger partial charge on any atom is 0.133 e. The molecular formula is C21H21N3. The van der Waals surface area contributed by atoms with E-state index in [1.165, 1.54) is 24.0 Å². The van der Waals surface area contributed by atoms with Gasteiger partial charge < -0.3 is 5.32 Å². The van der Waals surface area contributed by atoms with Crippen molar-refractivity contribution in [2.75, 3.05) is 5.32 Å². The molecule has 0 unspecified atom stereocenters. The van der Waals surface area contributed by atoms with Crippen molar-refractivity contribution in [3.8, 4) is 0 Å². The standard InChI is InChI=1S/C21H21N3/c1-3-7-16(8-4-1)15-19(17-9-5-2-6-10-17)23-20-13-14-22-21(24-20)18-11-12-18/h1-10,13-14,18-19H,11-12,15H2,(H,22,23,24)/t19-/m1/s1. The van der Waals surface area contributed by atoms with Gasteiger partial charge in [0.25, 0.3) is 0 Å². The van der Waals surface area contributed by atoms with Crippen molar-refractivity contribution < 1.29 is 0 Å². The summed E-state index contributed by atoms with van der Waals surface area (Å²) >= 11 is 0. The first kappa shape index (κ1) is 14.9. The highest BCUT2D eigenvalue weighted by Crippen LogP contribution is 2.38. The SMILES string of the molecule is c1ccc(C[C@@H](Nc2ccnc(C3CC3)n2)c2ccccc2)cc1. The summed E-state index contributed by atoms with van der Waals surface area (Å²) in [6, 6.07) is 23.3. The van der Waals surface area contributed by atoms with E-state index in [2.05, 4.69) is 71.0 Å². The van der Waals surface area contributed by atoms with Crippen LogP contribution in [0.2, 0.25) is 0 Å². The number of nitrogens with zero attached hydrogens (tertiary/aromatic N) is 2. The molecule has 1 saturated carbocycles. The number of hydrogen-bond acceptors (Lipinski definition) is 3. The Bertz CT molecular complexity index is 782. The zero-order valence-electron chi connectivity index (χ0n) is 13.6. The third kappa shape index (κ3) is 3.62. The number of rotatable bonds is 6. The smallest absolute Gasteiger partial charge is 0.133 e. The van der Waals surface area contributed by atoms with Crippen molar-refractivity contribution in [3.63, 3.8) is 0 Å². The van der Waals surface area contributed by atoms with E-state index < -0.39 is 0 Å². The average molecular weight is 315 g/mol. The molecule has 120 valence electrons. The van der Waals surface area contributed by atoms with Gasteiger partial charge in [-0.2, -0.15) is 0 Å². The number of hydrogen-bond donors (Lipinski definition) is 1. The maximum absolute atomic E-state index is 4.72. The molecule has 1 atom stereocenters. The van der Waals surface area contributed by atoms with E-state index in [4.69, 9.17) is 4.98 Å². The number of aromatic nitrogens is 2. The molecule has 1 aliphatic carbocycles. The van der Waals surface area contributed by atoms with Crippen LogP contribution in [0.25, 0.3) is 0 Å². The quantitative estimate of drug-likeness (QED) is 0.713. The van der Waals surface area contributed by atoms with Gasteiger partial charge in [-0.3, -0.25) is 0 Å². The van der Waals surface area contributed by atoms with Gasteiger partial charge >= 0.3 is 0 Å². The first-order valence-electron chi connectivity index (χ1n) is 8.57. The lowest BCUT2D eigenvalue weighted by Gasteiger charge is -2.20. The normalized spacial score (nSPS) is 15.0. The summed E-state index contributed by atoms with van der Waals surface area (Å²) in [6.45, 7) is 0. The summed E-state index contributed by atoms with van der Waals surface area (Å²) in [5.41, 5.74) is 2.59. The van der Waals surface area contributed by atoms with Gasteiger partial charge in [-0.15, -0.1) is 0 Å². The molecule has 0 radical (unpaired) electrons. The van der Waals surface area contributed by atoms with Gasteiger partial charge in [-0.1, -0.05) is 60.7 Å². The molecule has 0 bridgehead atoms. The first-order chi connectivity index (χ1) is 11.9. The number of benzene rings is 2. The minimum absolute atomic E-state index is 0.190. The fourth-order valence-electron chi connectivity index (χ4n) is 2.96. The van der Waals surface area contributed by atoms with Gasteiger partial charge in [0.1, 0.15) is 11.6 Å². The molecule has 0 saturated heterocycles. The van der Waals surface area contributed by atoms with Gasteiger partial charge in [-0.05, 0) is 36.5 Å². The van der Waals surface area contributed by atoms with Crippen LogP contribution in [0.3, 0.4) is 0 Å². The Morgan fingerprint density at radius 3 is 2.33 bits per heavy atom. The highest BCUT2D eigenvalue weighted by Gasteiger charge is 2.26. The van der Waals surface area contributed by atoms with Crippen molar-refractivity contribution in [3.05, 3.63) is 89.9 Å². The van der Waals surface area contributed by atoms with E-state index >= 15 is 0 Å². The minimum atomic E-state index is 0.190. The lowest BCUT2D eigenvalue weighted by atomic mass is 9.99. The maximum atomic E-state index is 4.72. The van der Waals surface area contributed by atoms with Gasteiger partial charge in [0.2, 0.25) is 0 Å². The Morgan fingerprint density at radius 1 is 0.917 bits per heavy atom. The average Bonchev–Trinajstić information content (AvgIpc) is 3.48. The summed E-state index contributed by atoms with van der Waals surface area (Å²) in [5.74, 6) is 2.46. The van der Waals surface area contributed by atoms with Crippen LogP contribution in [-0.4, -0.2) is 9.97 Å². The fraction of sp³-hybridized carbons (Fsp3) is 0.238. The van der Waals surface area contributed by atoms with Gasteiger partial charge in [-0.25, -0.2) is 9.97 Å². The largest absolute Gasteiger partial charge is 0.363 e. The van der Waals surface area contributed by atoms with Crippen LogP contribution in [-0.2, 0) is 6.42 Å². The molecule has 4 rings (SSSR count). The number of anilines is 1. The van der Waals surface area contributed by atoms with Crippen LogP contribution in [0, 0.1) is 0 Å². The van der Waals surface area contributed by atoms with Crippen molar-refractivity contribution in [1.82, 2.24) is 9.97 Å². The molecule has 24 heavy (non-hydrogen) atoms. The molecule has 0 spiro atoms. The lowest BCUT2D eigenvalue weighted by molar-refractivity contribution is 0.765. The fourth-order valence-corrected chi connectivity index (χ4v) is 2.96. The molecule has 2 aromatic carbocycles. The predicted molar refractivity (Wildman–Crippen MR) is 97.0 cm³/mol. The zero-order chi connectivity index (χ0) is 16.2. The molecule has 0 aliphatic heterocycles. The second-order valence-corrected chi connectivity index (χ2v) is 6.37. The van der Waals surface area contributed by atoms with E-state index in [1.807, 2.05) is 12.3 Å². The molecule has 1 aliphatic rings. The Kier molecular flexibility index (Phi) is 4.24. The third-order valence-corrected chi connectivity index (χ3v) is 4.42. The van der Waals surface area contributed by atoms with Crippen LogP contribution < -0.4 is 5.32 Å². The van der Waals surface area contributed by atoms with Crippen LogP contribution in [0.5, 0.6) is 0 Å². The van der Waals surface area contributed by atoms with E-state index in [9.17, 15) is 0 Å². The van der Waals surface area contributed by atoms with E-state index in [0.29, 0.717) is 5.92 Å². The van der Waals surface area contributed by atoms with Crippen molar-refractivity contribution in [2.24, 2.45) is 0 Å². The highest BCUT2D eigenvalue weighted by atomic mass is 15.1. The number of nitrogens with one attached hydrogen (secondary N) is 1. The van der Waals surface area contributed by atoms with Crippen LogP contribution in [0.4, 0.5) is 5.82 Å². The Labute approximate surface area is 142 Å². The summed E-state index contributed by atoms with van der Waals surface area (Å²) in [7, 11) is 0. The van der Waals surface area contributed by atoms with Gasteiger partial charge in [0.05, 0.1) is 6.04 Å². The molecule has 1 N–H and O–H groups in total. The predicted octanol–water partition coefficient (Wildman–Crippen LogP) is 4.75. The highest BCUT2D eigenvalue weighted by molar-refractivity contribution is 5.39. The summed E-state index contributed by atoms with van der Waals surface area (Å²) in [6.07, 6.45) is 5.23. The second-order valence-electron chi connectivity index (χ2n) is 6.37. The van der Waals surface area contributed by atoms with Crippen LogP contribution >= 0.6 is 0 Å². The van der Waals surface area contributed by atoms with Crippen molar-refractivity contribution in [2.45, 2.75) is 31.2 Å². The molecular weight excluding hydrogens is 294 g/mol. The molecule has 0 amide bonds. The monoisotopic (exact) mass is 315 g/mol. The molecule has 1 heterocycles.